The summed E-state index contributed by atoms with van der Waals surface area (Å²) in [6.45, 7) is 0. The van der Waals surface area contributed by atoms with Crippen molar-refractivity contribution in [3.05, 3.63) is 64.4 Å². The van der Waals surface area contributed by atoms with Gasteiger partial charge in [0.2, 0.25) is 0 Å². The molecule has 0 aliphatic rings. The average Bonchev–Trinajstić information content (AvgIpc) is 2.47. The average molecular weight is 247 g/mol. The fourth-order valence-electron chi connectivity index (χ4n) is 1.94. The van der Waals surface area contributed by atoms with Crippen molar-refractivity contribution in [3.63, 3.8) is 0 Å². The first-order chi connectivity index (χ1) is 9.28. The number of H-pyrrole nitrogens is 1. The first-order valence-corrected chi connectivity index (χ1v) is 5.77. The van der Waals surface area contributed by atoms with Crippen molar-refractivity contribution in [1.29, 1.82) is 5.26 Å². The number of aromatic nitrogens is 2. The van der Waals surface area contributed by atoms with Gasteiger partial charge < -0.3 is 4.98 Å². The van der Waals surface area contributed by atoms with Gasteiger partial charge in [-0.05, 0) is 18.2 Å². The maximum absolute atomic E-state index is 12.0. The monoisotopic (exact) mass is 247 g/mol. The fourth-order valence-corrected chi connectivity index (χ4v) is 1.94. The van der Waals surface area contributed by atoms with Crippen molar-refractivity contribution in [2.24, 2.45) is 0 Å². The Morgan fingerprint density at radius 2 is 1.89 bits per heavy atom. The van der Waals surface area contributed by atoms with Gasteiger partial charge >= 0.3 is 0 Å². The predicted molar refractivity (Wildman–Crippen MR) is 72.5 cm³/mol. The van der Waals surface area contributed by atoms with Gasteiger partial charge in [-0.15, -0.1) is 0 Å². The Hall–Kier alpha value is -2.93. The Morgan fingerprint density at radius 1 is 1.11 bits per heavy atom. The fraction of sp³-hybridized carbons (Fsp3) is 0. The van der Waals surface area contributed by atoms with Crippen molar-refractivity contribution < 1.29 is 0 Å². The number of nitrogens with one attached hydrogen (secondary N) is 1. The van der Waals surface area contributed by atoms with Crippen LogP contribution in [0.5, 0.6) is 0 Å². The van der Waals surface area contributed by atoms with Gasteiger partial charge in [0.1, 0.15) is 5.82 Å². The van der Waals surface area contributed by atoms with Crippen molar-refractivity contribution in [2.45, 2.75) is 0 Å². The summed E-state index contributed by atoms with van der Waals surface area (Å²) in [6, 6.07) is 16.3. The summed E-state index contributed by atoms with van der Waals surface area (Å²) in [6.07, 6.45) is 0. The molecular weight excluding hydrogens is 238 g/mol. The van der Waals surface area contributed by atoms with E-state index in [2.05, 4.69) is 9.97 Å². The van der Waals surface area contributed by atoms with E-state index in [1.807, 2.05) is 36.4 Å². The van der Waals surface area contributed by atoms with Crippen LogP contribution in [0.2, 0.25) is 0 Å². The van der Waals surface area contributed by atoms with Crippen LogP contribution < -0.4 is 5.56 Å². The molecule has 0 unspecified atom stereocenters. The molecule has 0 bridgehead atoms. The lowest BCUT2D eigenvalue weighted by Gasteiger charge is -2.03. The topological polar surface area (TPSA) is 69.5 Å². The summed E-state index contributed by atoms with van der Waals surface area (Å²) in [4.78, 5) is 19.2. The smallest absolute Gasteiger partial charge is 0.259 e. The molecule has 90 valence electrons. The summed E-state index contributed by atoms with van der Waals surface area (Å²) in [5.74, 6) is 0.508. The second-order valence-corrected chi connectivity index (χ2v) is 4.12. The van der Waals surface area contributed by atoms with E-state index >= 15 is 0 Å². The first-order valence-electron chi connectivity index (χ1n) is 5.77. The molecule has 19 heavy (non-hydrogen) atoms. The van der Waals surface area contributed by atoms with E-state index in [0.29, 0.717) is 22.3 Å². The van der Waals surface area contributed by atoms with Crippen LogP contribution in [-0.2, 0) is 0 Å². The zero-order chi connectivity index (χ0) is 13.2. The minimum absolute atomic E-state index is 0.201. The van der Waals surface area contributed by atoms with Crippen LogP contribution in [0.3, 0.4) is 0 Å². The molecule has 0 amide bonds. The molecule has 0 saturated heterocycles. The Labute approximate surface area is 109 Å². The van der Waals surface area contributed by atoms with Gasteiger partial charge in [0.25, 0.3) is 5.56 Å². The van der Waals surface area contributed by atoms with Gasteiger partial charge in [0, 0.05) is 5.56 Å². The van der Waals surface area contributed by atoms with Crippen LogP contribution in [0.1, 0.15) is 5.56 Å². The zero-order valence-corrected chi connectivity index (χ0v) is 9.92. The summed E-state index contributed by atoms with van der Waals surface area (Å²) >= 11 is 0. The van der Waals surface area contributed by atoms with E-state index in [1.54, 1.807) is 18.2 Å². The van der Waals surface area contributed by atoms with Crippen LogP contribution in [0, 0.1) is 11.3 Å². The summed E-state index contributed by atoms with van der Waals surface area (Å²) in [7, 11) is 0. The van der Waals surface area contributed by atoms with E-state index < -0.39 is 0 Å². The lowest BCUT2D eigenvalue weighted by molar-refractivity contribution is 1.18. The highest BCUT2D eigenvalue weighted by Crippen LogP contribution is 2.16. The molecule has 0 spiro atoms. The molecule has 4 nitrogen and oxygen atoms in total. The normalized spacial score (nSPS) is 10.3. The van der Waals surface area contributed by atoms with Crippen LogP contribution in [0.25, 0.3) is 22.3 Å². The molecule has 0 radical (unpaired) electrons. The van der Waals surface area contributed by atoms with E-state index in [0.717, 1.165) is 5.56 Å². The summed E-state index contributed by atoms with van der Waals surface area (Å²) in [5, 5.41) is 9.37. The highest BCUT2D eigenvalue weighted by Gasteiger charge is 2.06. The maximum atomic E-state index is 12.0. The van der Waals surface area contributed by atoms with E-state index in [1.165, 1.54) is 0 Å². The SMILES string of the molecule is N#Cc1ccc2c(=O)[nH]c(-c3ccccc3)nc2c1. The maximum Gasteiger partial charge on any atom is 0.259 e. The molecule has 1 heterocycles. The largest absolute Gasteiger partial charge is 0.306 e. The molecule has 0 aliphatic carbocycles. The molecule has 1 N–H and O–H groups in total. The Morgan fingerprint density at radius 3 is 2.63 bits per heavy atom. The first kappa shape index (κ1) is 11.2. The van der Waals surface area contributed by atoms with Crippen molar-refractivity contribution in [2.75, 3.05) is 0 Å². The molecule has 0 aliphatic heterocycles. The third-order valence-corrected chi connectivity index (χ3v) is 2.88. The van der Waals surface area contributed by atoms with Crippen LogP contribution in [0.4, 0.5) is 0 Å². The van der Waals surface area contributed by atoms with Crippen LogP contribution in [0.15, 0.2) is 53.3 Å². The third kappa shape index (κ3) is 1.98. The number of hydrogen-bond donors (Lipinski definition) is 1. The Balaban J connectivity index is 2.30. The number of benzene rings is 2. The van der Waals surface area contributed by atoms with E-state index in [4.69, 9.17) is 5.26 Å². The molecule has 1 aromatic heterocycles. The lowest BCUT2D eigenvalue weighted by atomic mass is 10.1. The van der Waals surface area contributed by atoms with Crippen LogP contribution in [-0.4, -0.2) is 9.97 Å². The van der Waals surface area contributed by atoms with E-state index in [-0.39, 0.29) is 5.56 Å². The molecule has 2 aromatic carbocycles. The number of nitriles is 1. The second-order valence-electron chi connectivity index (χ2n) is 4.12. The third-order valence-electron chi connectivity index (χ3n) is 2.88. The molecule has 0 saturated carbocycles. The van der Waals surface area contributed by atoms with Crippen molar-refractivity contribution in [3.8, 4) is 17.5 Å². The van der Waals surface area contributed by atoms with Gasteiger partial charge in [-0.1, -0.05) is 30.3 Å². The predicted octanol–water partition coefficient (Wildman–Crippen LogP) is 2.46. The molecule has 3 rings (SSSR count). The molecule has 0 atom stereocenters. The summed E-state index contributed by atoms with van der Waals surface area (Å²) < 4.78 is 0. The highest BCUT2D eigenvalue weighted by atomic mass is 16.1. The van der Waals surface area contributed by atoms with Crippen molar-refractivity contribution in [1.82, 2.24) is 9.97 Å². The zero-order valence-electron chi connectivity index (χ0n) is 9.92. The van der Waals surface area contributed by atoms with Gasteiger partial charge in [-0.25, -0.2) is 4.98 Å². The second kappa shape index (κ2) is 4.39. The van der Waals surface area contributed by atoms with Gasteiger partial charge in [-0.2, -0.15) is 5.26 Å². The molecule has 4 heteroatoms. The molecule has 3 aromatic rings. The van der Waals surface area contributed by atoms with Gasteiger partial charge in [-0.3, -0.25) is 4.79 Å². The Kier molecular flexibility index (Phi) is 2.58. The highest BCUT2D eigenvalue weighted by molar-refractivity contribution is 5.80. The molecule has 0 fully saturated rings. The molecular formula is C15H9N3O. The number of rotatable bonds is 1. The minimum Gasteiger partial charge on any atom is -0.306 e. The number of hydrogen-bond acceptors (Lipinski definition) is 3. The quantitative estimate of drug-likeness (QED) is 0.718. The number of aromatic amines is 1. The number of nitrogens with zero attached hydrogens (tertiary/aromatic N) is 2. The van der Waals surface area contributed by atoms with Gasteiger partial charge in [0.05, 0.1) is 22.5 Å². The minimum atomic E-state index is -0.201. The summed E-state index contributed by atoms with van der Waals surface area (Å²) in [5.41, 5.74) is 1.66. The van der Waals surface area contributed by atoms with E-state index in [9.17, 15) is 4.79 Å². The van der Waals surface area contributed by atoms with Crippen molar-refractivity contribution >= 4 is 10.9 Å². The number of fused-ring (bicyclic) bond motifs is 1. The lowest BCUT2D eigenvalue weighted by Crippen LogP contribution is -2.09. The standard InChI is InChI=1S/C15H9N3O/c16-9-10-6-7-12-13(8-10)17-14(18-15(12)19)11-4-2-1-3-5-11/h1-8H,(H,17,18,19). The van der Waals surface area contributed by atoms with Gasteiger partial charge in [0.15, 0.2) is 0 Å². The Bertz CT molecular complexity index is 845. The van der Waals surface area contributed by atoms with Crippen LogP contribution >= 0.6 is 0 Å².